The Kier molecular flexibility index (Phi) is 10.5. The molecule has 0 aliphatic heterocycles. The number of carbonyl (C=O) groups is 1. The first kappa shape index (κ1) is 31.0. The number of para-hydroxylation sites is 1. The minimum Gasteiger partial charge on any atom is -0.465 e. The molecule has 0 saturated heterocycles. The van der Waals surface area contributed by atoms with Crippen molar-refractivity contribution in [3.05, 3.63) is 72.6 Å². The van der Waals surface area contributed by atoms with E-state index in [9.17, 15) is 9.36 Å². The fourth-order valence-corrected chi connectivity index (χ4v) is 5.93. The number of aromatic nitrogens is 4. The average Bonchev–Trinajstić information content (AvgIpc) is 3.69. The minimum atomic E-state index is -3.74. The van der Waals surface area contributed by atoms with Gasteiger partial charge in [0.15, 0.2) is 17.0 Å². The third kappa shape index (κ3) is 8.28. The molecule has 2 heterocycles. The summed E-state index contributed by atoms with van der Waals surface area (Å²) in [6, 6.07) is 17.7. The lowest BCUT2D eigenvalue weighted by Crippen LogP contribution is -2.39. The Bertz CT molecular complexity index is 1500. The topological polar surface area (TPSA) is 156 Å². The van der Waals surface area contributed by atoms with Gasteiger partial charge in [0.2, 0.25) is 5.95 Å². The number of nitrogens with one attached hydrogen (secondary N) is 2. The second kappa shape index (κ2) is 14.3. The van der Waals surface area contributed by atoms with Crippen molar-refractivity contribution >= 4 is 36.4 Å². The van der Waals surface area contributed by atoms with Gasteiger partial charge in [0.05, 0.1) is 19.5 Å². The van der Waals surface area contributed by atoms with Crippen molar-refractivity contribution in [2.75, 3.05) is 30.6 Å². The van der Waals surface area contributed by atoms with Gasteiger partial charge in [0.25, 0.3) is 0 Å². The molecule has 2 aromatic heterocycles. The van der Waals surface area contributed by atoms with Crippen LogP contribution in [-0.2, 0) is 31.8 Å². The summed E-state index contributed by atoms with van der Waals surface area (Å²) in [5, 5.41) is 6.28. The molecule has 1 fully saturated rings. The van der Waals surface area contributed by atoms with Gasteiger partial charge < -0.3 is 29.6 Å². The minimum absolute atomic E-state index is 0. The van der Waals surface area contributed by atoms with Crippen LogP contribution in [0, 0.1) is 0 Å². The quantitative estimate of drug-likeness (QED) is 0.100. The lowest BCUT2D eigenvalue weighted by Gasteiger charge is -2.25. The summed E-state index contributed by atoms with van der Waals surface area (Å²) in [6.45, 7) is 2.46. The number of benzene rings is 2. The molecule has 2 unspecified atom stereocenters. The molecule has 0 spiro atoms. The molecule has 42 heavy (non-hydrogen) atoms. The van der Waals surface area contributed by atoms with E-state index in [0.717, 1.165) is 18.4 Å². The molecule has 1 aliphatic carbocycles. The van der Waals surface area contributed by atoms with E-state index in [1.165, 1.54) is 0 Å². The fraction of sp³-hybridized carbons (Fsp3) is 0.379. The van der Waals surface area contributed by atoms with Gasteiger partial charge in [-0.15, -0.1) is 0 Å². The van der Waals surface area contributed by atoms with Gasteiger partial charge in [-0.2, -0.15) is 9.97 Å². The van der Waals surface area contributed by atoms with E-state index in [2.05, 4.69) is 25.4 Å². The third-order valence-electron chi connectivity index (χ3n) is 6.34. The number of hydrogen-bond acceptors (Lipinski definition) is 10. The van der Waals surface area contributed by atoms with Gasteiger partial charge >= 0.3 is 13.5 Å². The molecule has 0 radical (unpaired) electrons. The van der Waals surface area contributed by atoms with E-state index in [0.29, 0.717) is 35.3 Å². The molecule has 2 atom stereocenters. The standard InChI is InChI=1S/C28H34N7O5P.CH4/c1-2-39-27(36)23(17-20-9-5-3-6-10-20)34-41(37,40-22-11-7-4-8-12-22)19-38-16-15-35-18-30-24-25(31-21-13-14-21)32-28(29)33-26(24)35;/h3-12,18,21,23H,2,13-17,19H2,1H3,(H,34,37)(H3,29,31,32,33);1H4. The summed E-state index contributed by atoms with van der Waals surface area (Å²) in [7, 11) is -3.74. The number of ether oxygens (including phenoxy) is 2. The molecule has 224 valence electrons. The largest absolute Gasteiger partial charge is 0.465 e. The van der Waals surface area contributed by atoms with E-state index in [1.54, 1.807) is 42.1 Å². The number of imidazole rings is 1. The van der Waals surface area contributed by atoms with Gasteiger partial charge in [0.1, 0.15) is 18.1 Å². The fourth-order valence-electron chi connectivity index (χ4n) is 4.25. The van der Waals surface area contributed by atoms with Gasteiger partial charge in [-0.3, -0.25) is 9.36 Å². The summed E-state index contributed by atoms with van der Waals surface area (Å²) in [5.74, 6) is 0.628. The van der Waals surface area contributed by atoms with Gasteiger partial charge in [-0.1, -0.05) is 56.0 Å². The number of anilines is 2. The van der Waals surface area contributed by atoms with Crippen molar-refractivity contribution < 1.29 is 23.4 Å². The van der Waals surface area contributed by atoms with E-state index in [-0.39, 0.29) is 39.4 Å². The van der Waals surface area contributed by atoms with Crippen LogP contribution in [0.3, 0.4) is 0 Å². The maximum absolute atomic E-state index is 14.1. The molecule has 13 heteroatoms. The Labute approximate surface area is 245 Å². The zero-order chi connectivity index (χ0) is 28.7. The van der Waals surface area contributed by atoms with E-state index >= 15 is 0 Å². The van der Waals surface area contributed by atoms with Crippen LogP contribution in [0.25, 0.3) is 11.2 Å². The molecule has 0 bridgehead atoms. The highest BCUT2D eigenvalue weighted by Crippen LogP contribution is 2.44. The monoisotopic (exact) mass is 595 g/mol. The van der Waals surface area contributed by atoms with E-state index < -0.39 is 19.5 Å². The van der Waals surface area contributed by atoms with Crippen LogP contribution < -0.4 is 20.7 Å². The second-order valence-electron chi connectivity index (χ2n) is 9.70. The predicted octanol–water partition coefficient (Wildman–Crippen LogP) is 4.63. The number of nitrogen functional groups attached to an aromatic ring is 1. The molecule has 1 aliphatic rings. The zero-order valence-electron chi connectivity index (χ0n) is 22.8. The van der Waals surface area contributed by atoms with Crippen molar-refractivity contribution in [1.29, 1.82) is 0 Å². The Morgan fingerprint density at radius 3 is 2.52 bits per heavy atom. The molecule has 5 rings (SSSR count). The van der Waals surface area contributed by atoms with Gasteiger partial charge in [-0.25, -0.2) is 10.1 Å². The van der Waals surface area contributed by atoms with Crippen molar-refractivity contribution in [3.63, 3.8) is 0 Å². The van der Waals surface area contributed by atoms with Crippen LogP contribution in [0.2, 0.25) is 0 Å². The summed E-state index contributed by atoms with van der Waals surface area (Å²) < 4.78 is 33.0. The SMILES string of the molecule is C.CCOC(=O)C(Cc1ccccc1)NP(=O)(COCCn1cnc2c(NC3CC3)nc(N)nc21)Oc1ccccc1. The highest BCUT2D eigenvalue weighted by atomic mass is 31.2. The summed E-state index contributed by atoms with van der Waals surface area (Å²) in [6.07, 6.45) is 3.80. The van der Waals surface area contributed by atoms with E-state index in [4.69, 9.17) is 19.7 Å². The molecular formula is C29H38N7O5P. The maximum atomic E-state index is 14.1. The van der Waals surface area contributed by atoms with Crippen molar-refractivity contribution in [3.8, 4) is 5.75 Å². The normalized spacial score (nSPS) is 14.9. The number of esters is 1. The molecule has 4 N–H and O–H groups in total. The van der Waals surface area contributed by atoms with Gasteiger partial charge in [0, 0.05) is 12.6 Å². The Morgan fingerprint density at radius 2 is 1.83 bits per heavy atom. The molecule has 4 aromatic rings. The van der Waals surface area contributed by atoms with E-state index in [1.807, 2.05) is 36.4 Å². The number of carbonyl (C=O) groups excluding carboxylic acids is 1. The van der Waals surface area contributed by atoms with Crippen LogP contribution in [0.4, 0.5) is 11.8 Å². The molecule has 0 amide bonds. The highest BCUT2D eigenvalue weighted by molar-refractivity contribution is 7.57. The molecular weight excluding hydrogens is 557 g/mol. The van der Waals surface area contributed by atoms with Crippen molar-refractivity contribution in [2.24, 2.45) is 0 Å². The number of nitrogens with zero attached hydrogens (tertiary/aromatic N) is 4. The van der Waals surface area contributed by atoms with Crippen LogP contribution in [0.15, 0.2) is 67.0 Å². The van der Waals surface area contributed by atoms with Crippen molar-refractivity contribution in [1.82, 2.24) is 24.6 Å². The highest BCUT2D eigenvalue weighted by Gasteiger charge is 2.33. The maximum Gasteiger partial charge on any atom is 0.342 e. The molecule has 2 aromatic carbocycles. The average molecular weight is 596 g/mol. The summed E-state index contributed by atoms with van der Waals surface area (Å²) in [5.41, 5.74) is 8.04. The zero-order valence-corrected chi connectivity index (χ0v) is 23.7. The summed E-state index contributed by atoms with van der Waals surface area (Å²) >= 11 is 0. The van der Waals surface area contributed by atoms with Crippen LogP contribution >= 0.6 is 7.52 Å². The predicted molar refractivity (Wildman–Crippen MR) is 162 cm³/mol. The third-order valence-corrected chi connectivity index (χ3v) is 8.07. The van der Waals surface area contributed by atoms with Crippen LogP contribution in [0.5, 0.6) is 5.75 Å². The Balaban J connectivity index is 0.00000405. The number of hydrogen-bond donors (Lipinski definition) is 3. The first-order valence-corrected chi connectivity index (χ1v) is 15.4. The number of nitrogens with two attached hydrogens (primary N) is 1. The van der Waals surface area contributed by atoms with Crippen LogP contribution in [0.1, 0.15) is 32.8 Å². The smallest absolute Gasteiger partial charge is 0.342 e. The van der Waals surface area contributed by atoms with Crippen LogP contribution in [-0.4, -0.2) is 57.1 Å². The first-order chi connectivity index (χ1) is 19.9. The first-order valence-electron chi connectivity index (χ1n) is 13.6. The summed E-state index contributed by atoms with van der Waals surface area (Å²) in [4.78, 5) is 26.0. The second-order valence-corrected chi connectivity index (χ2v) is 11.7. The lowest BCUT2D eigenvalue weighted by molar-refractivity contribution is -0.145. The molecule has 12 nitrogen and oxygen atoms in total. The molecule has 1 saturated carbocycles. The Hall–Kier alpha value is -3.99. The van der Waals surface area contributed by atoms with Crippen molar-refractivity contribution in [2.45, 2.75) is 52.2 Å². The number of fused-ring (bicyclic) bond motifs is 1. The number of rotatable bonds is 15. The Morgan fingerprint density at radius 1 is 1.12 bits per heavy atom. The van der Waals surface area contributed by atoms with Gasteiger partial charge in [-0.05, 0) is 43.9 Å². The lowest BCUT2D eigenvalue weighted by atomic mass is 10.1.